The van der Waals surface area contributed by atoms with Gasteiger partial charge in [-0.2, -0.15) is 0 Å². The van der Waals surface area contributed by atoms with Crippen LogP contribution in [-0.2, 0) is 11.2 Å². The quantitative estimate of drug-likeness (QED) is 0.846. The van der Waals surface area contributed by atoms with E-state index in [9.17, 15) is 9.90 Å². The van der Waals surface area contributed by atoms with E-state index < -0.39 is 5.72 Å². The second kappa shape index (κ2) is 7.46. The summed E-state index contributed by atoms with van der Waals surface area (Å²) < 4.78 is 0. The molecular formula is C23H27NO2. The van der Waals surface area contributed by atoms with Crippen molar-refractivity contribution in [1.82, 2.24) is 4.90 Å². The van der Waals surface area contributed by atoms with Crippen LogP contribution in [0, 0.1) is 13.8 Å². The van der Waals surface area contributed by atoms with Crippen molar-refractivity contribution in [2.45, 2.75) is 45.8 Å². The average molecular weight is 349 g/mol. The minimum absolute atomic E-state index is 0.108. The maximum absolute atomic E-state index is 12.7. The highest BCUT2D eigenvalue weighted by molar-refractivity contribution is 6.03. The SMILES string of the molecule is CCCCN1C(=O)C=C(c2ccc(C)cc2)C1(O)Cc1ccc(C)cc1. The number of carbonyl (C=O) groups is 1. The van der Waals surface area contributed by atoms with Crippen LogP contribution in [0.3, 0.4) is 0 Å². The van der Waals surface area contributed by atoms with E-state index in [1.165, 1.54) is 5.56 Å². The number of unbranched alkanes of at least 4 members (excludes halogenated alkanes) is 1. The first kappa shape index (κ1) is 18.4. The Labute approximate surface area is 156 Å². The lowest BCUT2D eigenvalue weighted by Gasteiger charge is -2.37. The third-order valence-electron chi connectivity index (χ3n) is 5.08. The van der Waals surface area contributed by atoms with Gasteiger partial charge in [0.05, 0.1) is 0 Å². The first-order chi connectivity index (χ1) is 12.4. The van der Waals surface area contributed by atoms with Gasteiger partial charge in [-0.25, -0.2) is 0 Å². The van der Waals surface area contributed by atoms with Gasteiger partial charge in [0.1, 0.15) is 0 Å². The number of carbonyl (C=O) groups excluding carboxylic acids is 1. The van der Waals surface area contributed by atoms with E-state index >= 15 is 0 Å². The van der Waals surface area contributed by atoms with E-state index in [-0.39, 0.29) is 5.91 Å². The van der Waals surface area contributed by atoms with E-state index in [0.29, 0.717) is 18.5 Å². The summed E-state index contributed by atoms with van der Waals surface area (Å²) in [6.45, 7) is 6.73. The smallest absolute Gasteiger partial charge is 0.249 e. The Kier molecular flexibility index (Phi) is 5.28. The molecule has 0 aliphatic carbocycles. The predicted molar refractivity (Wildman–Crippen MR) is 106 cm³/mol. The molecule has 0 bridgehead atoms. The van der Waals surface area contributed by atoms with Gasteiger partial charge >= 0.3 is 0 Å². The molecule has 1 aliphatic heterocycles. The third kappa shape index (κ3) is 3.58. The van der Waals surface area contributed by atoms with Crippen molar-refractivity contribution in [2.24, 2.45) is 0 Å². The summed E-state index contributed by atoms with van der Waals surface area (Å²) in [5.41, 5.74) is 3.64. The van der Waals surface area contributed by atoms with Crippen LogP contribution in [0.5, 0.6) is 0 Å². The fourth-order valence-electron chi connectivity index (χ4n) is 3.48. The van der Waals surface area contributed by atoms with Gasteiger partial charge in [0.2, 0.25) is 5.91 Å². The molecule has 2 aromatic carbocycles. The zero-order chi connectivity index (χ0) is 18.7. The van der Waals surface area contributed by atoms with Crippen LogP contribution in [0.4, 0.5) is 0 Å². The van der Waals surface area contributed by atoms with Crippen molar-refractivity contribution in [2.75, 3.05) is 6.54 Å². The van der Waals surface area contributed by atoms with Crippen LogP contribution in [0.25, 0.3) is 5.57 Å². The summed E-state index contributed by atoms with van der Waals surface area (Å²) in [5, 5.41) is 11.7. The molecule has 3 heteroatoms. The Morgan fingerprint density at radius 3 is 2.12 bits per heavy atom. The van der Waals surface area contributed by atoms with Crippen molar-refractivity contribution in [3.63, 3.8) is 0 Å². The number of rotatable bonds is 6. The Bertz CT molecular complexity index is 805. The van der Waals surface area contributed by atoms with Gasteiger partial charge in [-0.15, -0.1) is 0 Å². The number of amides is 1. The van der Waals surface area contributed by atoms with Gasteiger partial charge in [-0.3, -0.25) is 4.79 Å². The molecule has 1 aliphatic rings. The first-order valence-corrected chi connectivity index (χ1v) is 9.33. The maximum Gasteiger partial charge on any atom is 0.249 e. The molecule has 3 rings (SSSR count). The van der Waals surface area contributed by atoms with Crippen LogP contribution in [0.1, 0.15) is 42.0 Å². The largest absolute Gasteiger partial charge is 0.366 e. The zero-order valence-electron chi connectivity index (χ0n) is 15.8. The molecule has 0 spiro atoms. The predicted octanol–water partition coefficient (Wildman–Crippen LogP) is 4.26. The van der Waals surface area contributed by atoms with E-state index in [4.69, 9.17) is 0 Å². The number of nitrogens with zero attached hydrogens (tertiary/aromatic N) is 1. The zero-order valence-corrected chi connectivity index (χ0v) is 15.8. The van der Waals surface area contributed by atoms with Gasteiger partial charge < -0.3 is 10.0 Å². The Hall–Kier alpha value is -2.39. The Morgan fingerprint density at radius 2 is 1.54 bits per heavy atom. The van der Waals surface area contributed by atoms with Gasteiger partial charge in [0.15, 0.2) is 5.72 Å². The lowest BCUT2D eigenvalue weighted by molar-refractivity contribution is -0.140. The third-order valence-corrected chi connectivity index (χ3v) is 5.08. The minimum Gasteiger partial charge on any atom is -0.366 e. The number of hydrogen-bond acceptors (Lipinski definition) is 2. The number of hydrogen-bond donors (Lipinski definition) is 1. The Balaban J connectivity index is 2.00. The van der Waals surface area contributed by atoms with E-state index in [1.807, 2.05) is 62.4 Å². The minimum atomic E-state index is -1.31. The fourth-order valence-corrected chi connectivity index (χ4v) is 3.48. The molecule has 1 amide bonds. The van der Waals surface area contributed by atoms with Crippen molar-refractivity contribution in [3.05, 3.63) is 76.9 Å². The van der Waals surface area contributed by atoms with Crippen LogP contribution in [0.15, 0.2) is 54.6 Å². The van der Waals surface area contributed by atoms with Crippen molar-refractivity contribution >= 4 is 11.5 Å². The molecule has 0 saturated heterocycles. The molecule has 1 atom stereocenters. The van der Waals surface area contributed by atoms with Gasteiger partial charge in [-0.1, -0.05) is 73.0 Å². The van der Waals surface area contributed by atoms with Crippen LogP contribution < -0.4 is 0 Å². The standard InChI is InChI=1S/C23H27NO2/c1-4-5-14-24-22(25)15-21(20-12-8-18(3)9-13-20)23(24,26)16-19-10-6-17(2)7-11-19/h6-13,15,26H,4-5,14,16H2,1-3H3. The number of aryl methyl sites for hydroxylation is 2. The lowest BCUT2D eigenvalue weighted by atomic mass is 9.90. The highest BCUT2D eigenvalue weighted by Gasteiger charge is 2.46. The molecule has 1 heterocycles. The molecule has 0 fully saturated rings. The highest BCUT2D eigenvalue weighted by Crippen LogP contribution is 2.39. The highest BCUT2D eigenvalue weighted by atomic mass is 16.3. The normalized spacial score (nSPS) is 19.8. The van der Waals surface area contributed by atoms with Crippen molar-refractivity contribution in [1.29, 1.82) is 0 Å². The topological polar surface area (TPSA) is 40.5 Å². The molecule has 0 saturated carbocycles. The summed E-state index contributed by atoms with van der Waals surface area (Å²) in [7, 11) is 0. The fraction of sp³-hybridized carbons (Fsp3) is 0.348. The molecule has 1 N–H and O–H groups in total. The van der Waals surface area contributed by atoms with Crippen molar-refractivity contribution < 1.29 is 9.90 Å². The molecule has 0 radical (unpaired) electrons. The second-order valence-electron chi connectivity index (χ2n) is 7.25. The van der Waals surface area contributed by atoms with Gasteiger partial charge in [0.25, 0.3) is 0 Å². The molecule has 136 valence electrons. The lowest BCUT2D eigenvalue weighted by Crippen LogP contribution is -2.50. The second-order valence-corrected chi connectivity index (χ2v) is 7.25. The van der Waals surface area contributed by atoms with Crippen molar-refractivity contribution in [3.8, 4) is 0 Å². The number of benzene rings is 2. The summed E-state index contributed by atoms with van der Waals surface area (Å²) in [6, 6.07) is 16.1. The summed E-state index contributed by atoms with van der Waals surface area (Å²) in [4.78, 5) is 14.3. The Morgan fingerprint density at radius 1 is 0.962 bits per heavy atom. The number of aliphatic hydroxyl groups is 1. The molecule has 26 heavy (non-hydrogen) atoms. The average Bonchev–Trinajstić information content (AvgIpc) is 2.86. The van der Waals surface area contributed by atoms with Crippen LogP contribution in [0.2, 0.25) is 0 Å². The molecule has 1 unspecified atom stereocenters. The van der Waals surface area contributed by atoms with Gasteiger partial charge in [-0.05, 0) is 31.4 Å². The summed E-state index contributed by atoms with van der Waals surface area (Å²) in [5.74, 6) is -0.108. The van der Waals surface area contributed by atoms with E-state index in [1.54, 1.807) is 11.0 Å². The maximum atomic E-state index is 12.7. The summed E-state index contributed by atoms with van der Waals surface area (Å²) >= 11 is 0. The van der Waals surface area contributed by atoms with Gasteiger partial charge in [0, 0.05) is 24.6 Å². The monoisotopic (exact) mass is 349 g/mol. The molecule has 0 aromatic heterocycles. The van der Waals surface area contributed by atoms with Crippen LogP contribution >= 0.6 is 0 Å². The first-order valence-electron chi connectivity index (χ1n) is 9.33. The molecule has 2 aromatic rings. The van der Waals surface area contributed by atoms with E-state index in [0.717, 1.165) is 29.5 Å². The van der Waals surface area contributed by atoms with E-state index in [2.05, 4.69) is 6.92 Å². The molecule has 3 nitrogen and oxygen atoms in total. The van der Waals surface area contributed by atoms with Crippen LogP contribution in [-0.4, -0.2) is 28.2 Å². The summed E-state index contributed by atoms with van der Waals surface area (Å²) in [6.07, 6.45) is 3.85. The molecular weight excluding hydrogens is 322 g/mol.